The molecular weight excluding hydrogens is 420 g/mol. The summed E-state index contributed by atoms with van der Waals surface area (Å²) in [4.78, 5) is 11.4. The van der Waals surface area contributed by atoms with E-state index in [-0.39, 0.29) is 12.0 Å². The zero-order chi connectivity index (χ0) is 24.6. The summed E-state index contributed by atoms with van der Waals surface area (Å²) in [5.41, 5.74) is 1.16. The van der Waals surface area contributed by atoms with Gasteiger partial charge < -0.3 is 24.4 Å². The number of rotatable bonds is 7. The van der Waals surface area contributed by atoms with Gasteiger partial charge in [0, 0.05) is 6.92 Å². The van der Waals surface area contributed by atoms with E-state index in [2.05, 4.69) is 33.9 Å². The standard InChI is InChI=1S/C27H44O6/c1-8-26(6,33-24-22(30)23(32-18(3)28)20(29)16-31-24)15-12-19-17(2)10-11-21-25(4,5)13-9-14-27(19,21)7/h8,19-24,29-30H,1-2,9-16H2,3-7H3/t19-,20-,21-,22-,23+,24+,26-,27+/m1/s1. The molecule has 2 aliphatic carbocycles. The Morgan fingerprint density at radius 1 is 1.30 bits per heavy atom. The van der Waals surface area contributed by atoms with Crippen molar-refractivity contribution in [2.45, 2.75) is 110 Å². The van der Waals surface area contributed by atoms with Gasteiger partial charge in [0.2, 0.25) is 0 Å². The van der Waals surface area contributed by atoms with Gasteiger partial charge in [-0.05, 0) is 68.1 Å². The number of allylic oxidation sites excluding steroid dienone is 1. The minimum Gasteiger partial charge on any atom is -0.457 e. The molecule has 0 bridgehead atoms. The molecule has 8 atom stereocenters. The predicted octanol–water partition coefficient (Wildman–Crippen LogP) is 4.54. The van der Waals surface area contributed by atoms with Gasteiger partial charge >= 0.3 is 5.97 Å². The molecule has 3 aliphatic rings. The number of carbonyl (C=O) groups excluding carboxylic acids is 1. The molecular formula is C27H44O6. The van der Waals surface area contributed by atoms with Crippen LogP contribution >= 0.6 is 0 Å². The van der Waals surface area contributed by atoms with Crippen molar-refractivity contribution in [2.24, 2.45) is 22.7 Å². The van der Waals surface area contributed by atoms with Gasteiger partial charge in [-0.15, -0.1) is 6.58 Å². The summed E-state index contributed by atoms with van der Waals surface area (Å²) in [6.45, 7) is 18.9. The molecule has 1 saturated heterocycles. The molecule has 0 aromatic heterocycles. The van der Waals surface area contributed by atoms with Gasteiger partial charge in [0.05, 0.1) is 12.2 Å². The van der Waals surface area contributed by atoms with Crippen molar-refractivity contribution in [2.75, 3.05) is 6.61 Å². The first-order valence-corrected chi connectivity index (χ1v) is 12.5. The Kier molecular flexibility index (Phi) is 7.84. The highest BCUT2D eigenvalue weighted by Crippen LogP contribution is 2.62. The van der Waals surface area contributed by atoms with Gasteiger partial charge in [0.25, 0.3) is 0 Å². The summed E-state index contributed by atoms with van der Waals surface area (Å²) in [6.07, 6.45) is 4.94. The smallest absolute Gasteiger partial charge is 0.303 e. The molecule has 0 aromatic rings. The average molecular weight is 465 g/mol. The van der Waals surface area contributed by atoms with Gasteiger partial charge in [0.1, 0.15) is 12.2 Å². The van der Waals surface area contributed by atoms with E-state index in [9.17, 15) is 15.0 Å². The lowest BCUT2D eigenvalue weighted by Crippen LogP contribution is -2.57. The Bertz CT molecular complexity index is 747. The van der Waals surface area contributed by atoms with Crippen LogP contribution in [0.3, 0.4) is 0 Å². The second-order valence-electron chi connectivity index (χ2n) is 11.7. The van der Waals surface area contributed by atoms with E-state index in [0.717, 1.165) is 12.8 Å². The highest BCUT2D eigenvalue weighted by molar-refractivity contribution is 5.66. The maximum atomic E-state index is 11.4. The van der Waals surface area contributed by atoms with E-state index < -0.39 is 36.2 Å². The van der Waals surface area contributed by atoms with Crippen LogP contribution in [0, 0.1) is 22.7 Å². The van der Waals surface area contributed by atoms with E-state index in [0.29, 0.717) is 23.7 Å². The molecule has 6 heteroatoms. The summed E-state index contributed by atoms with van der Waals surface area (Å²) in [5, 5.41) is 20.8. The fourth-order valence-electron chi connectivity index (χ4n) is 6.93. The van der Waals surface area contributed by atoms with Crippen molar-refractivity contribution < 1.29 is 29.2 Å². The third-order valence-corrected chi connectivity index (χ3v) is 8.79. The lowest BCUT2D eigenvalue weighted by Gasteiger charge is -2.58. The second kappa shape index (κ2) is 9.80. The molecule has 1 heterocycles. The van der Waals surface area contributed by atoms with Crippen LogP contribution in [-0.2, 0) is 19.0 Å². The Labute approximate surface area is 199 Å². The van der Waals surface area contributed by atoms with E-state index in [4.69, 9.17) is 14.2 Å². The monoisotopic (exact) mass is 464 g/mol. The third-order valence-electron chi connectivity index (χ3n) is 8.79. The summed E-state index contributed by atoms with van der Waals surface area (Å²) in [7, 11) is 0. The minimum absolute atomic E-state index is 0.0822. The summed E-state index contributed by atoms with van der Waals surface area (Å²) < 4.78 is 16.9. The Hall–Kier alpha value is -1.21. The summed E-state index contributed by atoms with van der Waals surface area (Å²) in [6, 6.07) is 0. The molecule has 1 aliphatic heterocycles. The zero-order valence-electron chi connectivity index (χ0n) is 21.1. The highest BCUT2D eigenvalue weighted by atomic mass is 16.7. The first-order chi connectivity index (χ1) is 15.3. The van der Waals surface area contributed by atoms with Gasteiger partial charge in [-0.2, -0.15) is 0 Å². The van der Waals surface area contributed by atoms with Gasteiger partial charge in [0.15, 0.2) is 12.4 Å². The van der Waals surface area contributed by atoms with Gasteiger partial charge in [-0.1, -0.05) is 45.4 Å². The molecule has 0 radical (unpaired) electrons. The van der Waals surface area contributed by atoms with Crippen LogP contribution in [0.1, 0.15) is 79.6 Å². The molecule has 6 nitrogen and oxygen atoms in total. The molecule has 2 saturated carbocycles. The van der Waals surface area contributed by atoms with Crippen LogP contribution in [0.15, 0.2) is 24.8 Å². The van der Waals surface area contributed by atoms with Crippen molar-refractivity contribution in [3.63, 3.8) is 0 Å². The fraction of sp³-hybridized carbons (Fsp3) is 0.815. The Morgan fingerprint density at radius 3 is 2.64 bits per heavy atom. The lowest BCUT2D eigenvalue weighted by atomic mass is 9.47. The highest BCUT2D eigenvalue weighted by Gasteiger charge is 2.53. The van der Waals surface area contributed by atoms with Gasteiger partial charge in [-0.3, -0.25) is 4.79 Å². The molecule has 0 aromatic carbocycles. The van der Waals surface area contributed by atoms with Crippen molar-refractivity contribution in [3.05, 3.63) is 24.8 Å². The van der Waals surface area contributed by atoms with Gasteiger partial charge in [-0.25, -0.2) is 0 Å². The van der Waals surface area contributed by atoms with Crippen molar-refractivity contribution >= 4 is 5.97 Å². The predicted molar refractivity (Wildman–Crippen MR) is 127 cm³/mol. The first-order valence-electron chi connectivity index (χ1n) is 12.5. The molecule has 0 spiro atoms. The first kappa shape index (κ1) is 26.4. The van der Waals surface area contributed by atoms with Crippen LogP contribution < -0.4 is 0 Å². The average Bonchev–Trinajstić information content (AvgIpc) is 2.72. The number of ether oxygens (including phenoxy) is 3. The summed E-state index contributed by atoms with van der Waals surface area (Å²) >= 11 is 0. The second-order valence-corrected chi connectivity index (χ2v) is 11.7. The number of aliphatic hydroxyl groups is 2. The SMILES string of the molecule is C=C[C@](C)(CC[C@@H]1C(=C)CC[C@@H]2C(C)(C)CCC[C@@]12C)O[C@@H]1OC[C@@H](O)[C@H](OC(C)=O)[C@H]1O. The van der Waals surface area contributed by atoms with Crippen LogP contribution in [-0.4, -0.2) is 53.0 Å². The van der Waals surface area contributed by atoms with E-state index in [1.807, 2.05) is 6.92 Å². The Balaban J connectivity index is 1.71. The van der Waals surface area contributed by atoms with E-state index in [1.54, 1.807) is 6.08 Å². The molecule has 0 amide bonds. The minimum atomic E-state index is -1.29. The van der Waals surface area contributed by atoms with Crippen molar-refractivity contribution in [1.29, 1.82) is 0 Å². The number of hydrogen-bond acceptors (Lipinski definition) is 6. The number of aliphatic hydroxyl groups excluding tert-OH is 2. The molecule has 33 heavy (non-hydrogen) atoms. The maximum absolute atomic E-state index is 11.4. The maximum Gasteiger partial charge on any atom is 0.303 e. The van der Waals surface area contributed by atoms with Crippen LogP contribution in [0.25, 0.3) is 0 Å². The largest absolute Gasteiger partial charge is 0.457 e. The van der Waals surface area contributed by atoms with Crippen molar-refractivity contribution in [3.8, 4) is 0 Å². The number of fused-ring (bicyclic) bond motifs is 1. The lowest BCUT2D eigenvalue weighted by molar-refractivity contribution is -0.295. The van der Waals surface area contributed by atoms with Crippen molar-refractivity contribution in [1.82, 2.24) is 0 Å². The normalized spacial score (nSPS) is 40.4. The number of carbonyl (C=O) groups is 1. The Morgan fingerprint density at radius 2 is 2.00 bits per heavy atom. The molecule has 2 N–H and O–H groups in total. The quantitative estimate of drug-likeness (QED) is 0.425. The summed E-state index contributed by atoms with van der Waals surface area (Å²) in [5.74, 6) is 0.519. The van der Waals surface area contributed by atoms with Crippen LogP contribution in [0.2, 0.25) is 0 Å². The van der Waals surface area contributed by atoms with E-state index in [1.165, 1.54) is 38.2 Å². The fourth-order valence-corrected chi connectivity index (χ4v) is 6.93. The molecule has 3 fully saturated rings. The zero-order valence-corrected chi connectivity index (χ0v) is 21.1. The third kappa shape index (κ3) is 5.39. The molecule has 0 unspecified atom stereocenters. The van der Waals surface area contributed by atoms with E-state index >= 15 is 0 Å². The molecule has 3 rings (SSSR count). The topological polar surface area (TPSA) is 85.2 Å². The van der Waals surface area contributed by atoms with Crippen LogP contribution in [0.4, 0.5) is 0 Å². The number of hydrogen-bond donors (Lipinski definition) is 2. The number of esters is 1. The van der Waals surface area contributed by atoms with Crippen LogP contribution in [0.5, 0.6) is 0 Å². The molecule has 188 valence electrons.